The van der Waals surface area contributed by atoms with Crippen LogP contribution in [0.2, 0.25) is 0 Å². The number of ether oxygens (including phenoxy) is 1. The molecule has 0 unspecified atom stereocenters. The molecule has 0 aromatic heterocycles. The van der Waals surface area contributed by atoms with Gasteiger partial charge in [-0.3, -0.25) is 4.79 Å². The van der Waals surface area contributed by atoms with E-state index < -0.39 is 5.41 Å². The van der Waals surface area contributed by atoms with E-state index in [2.05, 4.69) is 12.2 Å². The fraction of sp³-hybridized carbons (Fsp3) is 0.632. The molecule has 0 radical (unpaired) electrons. The maximum absolute atomic E-state index is 14.2. The van der Waals surface area contributed by atoms with Crippen molar-refractivity contribution in [3.63, 3.8) is 0 Å². The SMILES string of the molecule is CCCCOCCCNC(=O)C1(c2ccccc2F)CCCC1. The average molecular weight is 321 g/mol. The van der Waals surface area contributed by atoms with E-state index >= 15 is 0 Å². The highest BCUT2D eigenvalue weighted by molar-refractivity contribution is 5.88. The Morgan fingerprint density at radius 3 is 2.61 bits per heavy atom. The van der Waals surface area contributed by atoms with E-state index in [1.54, 1.807) is 12.1 Å². The van der Waals surface area contributed by atoms with Crippen molar-refractivity contribution in [2.45, 2.75) is 57.3 Å². The maximum atomic E-state index is 14.2. The highest BCUT2D eigenvalue weighted by atomic mass is 19.1. The zero-order chi connectivity index (χ0) is 16.5. The van der Waals surface area contributed by atoms with Crippen molar-refractivity contribution >= 4 is 5.91 Å². The molecule has 0 aliphatic heterocycles. The number of halogens is 1. The molecule has 0 spiro atoms. The summed E-state index contributed by atoms with van der Waals surface area (Å²) in [7, 11) is 0. The Labute approximate surface area is 138 Å². The first kappa shape index (κ1) is 17.9. The van der Waals surface area contributed by atoms with Crippen molar-refractivity contribution in [2.75, 3.05) is 19.8 Å². The number of rotatable bonds is 9. The van der Waals surface area contributed by atoms with Crippen LogP contribution in [0.5, 0.6) is 0 Å². The lowest BCUT2D eigenvalue weighted by Gasteiger charge is -2.28. The van der Waals surface area contributed by atoms with E-state index in [0.29, 0.717) is 18.7 Å². The van der Waals surface area contributed by atoms with E-state index in [4.69, 9.17) is 4.74 Å². The van der Waals surface area contributed by atoms with Gasteiger partial charge >= 0.3 is 0 Å². The predicted octanol–water partition coefficient (Wildman–Crippen LogP) is 3.96. The van der Waals surface area contributed by atoms with Crippen LogP contribution in [0.1, 0.15) is 57.4 Å². The van der Waals surface area contributed by atoms with Crippen LogP contribution in [0, 0.1) is 5.82 Å². The normalized spacial score (nSPS) is 16.4. The van der Waals surface area contributed by atoms with Crippen LogP contribution < -0.4 is 5.32 Å². The van der Waals surface area contributed by atoms with Gasteiger partial charge in [0.05, 0.1) is 5.41 Å². The van der Waals surface area contributed by atoms with Gasteiger partial charge < -0.3 is 10.1 Å². The van der Waals surface area contributed by atoms with Crippen molar-refractivity contribution in [1.29, 1.82) is 0 Å². The molecule has 1 aromatic rings. The molecule has 3 nitrogen and oxygen atoms in total. The summed E-state index contributed by atoms with van der Waals surface area (Å²) < 4.78 is 19.7. The topological polar surface area (TPSA) is 38.3 Å². The van der Waals surface area contributed by atoms with Crippen molar-refractivity contribution in [3.8, 4) is 0 Å². The molecule has 0 bridgehead atoms. The van der Waals surface area contributed by atoms with E-state index in [9.17, 15) is 9.18 Å². The van der Waals surface area contributed by atoms with Gasteiger partial charge in [-0.15, -0.1) is 0 Å². The highest BCUT2D eigenvalue weighted by Crippen LogP contribution is 2.42. The molecule has 1 fully saturated rings. The third-order valence-electron chi connectivity index (χ3n) is 4.67. The molecule has 23 heavy (non-hydrogen) atoms. The molecule has 1 aromatic carbocycles. The Balaban J connectivity index is 1.89. The Bertz CT molecular complexity index is 498. The molecular formula is C19H28FNO2. The van der Waals surface area contributed by atoms with Crippen molar-refractivity contribution < 1.29 is 13.9 Å². The predicted molar refractivity (Wildman–Crippen MR) is 89.9 cm³/mol. The second-order valence-electron chi connectivity index (χ2n) is 6.34. The quantitative estimate of drug-likeness (QED) is 0.699. The number of carbonyl (C=O) groups is 1. The fourth-order valence-corrected chi connectivity index (χ4v) is 3.34. The second kappa shape index (κ2) is 9.02. The molecule has 128 valence electrons. The van der Waals surface area contributed by atoms with Crippen LogP contribution in [0.4, 0.5) is 4.39 Å². The van der Waals surface area contributed by atoms with Gasteiger partial charge in [0.1, 0.15) is 5.82 Å². The third kappa shape index (κ3) is 4.54. The standard InChI is InChI=1S/C19H28FNO2/c1-2-3-14-23-15-8-13-21-18(22)19(11-6-7-12-19)16-9-4-5-10-17(16)20/h4-5,9-10H,2-3,6-8,11-15H2,1H3,(H,21,22). The minimum Gasteiger partial charge on any atom is -0.381 e. The maximum Gasteiger partial charge on any atom is 0.230 e. The molecular weight excluding hydrogens is 293 g/mol. The zero-order valence-electron chi connectivity index (χ0n) is 14.1. The fourth-order valence-electron chi connectivity index (χ4n) is 3.34. The number of nitrogens with one attached hydrogen (secondary N) is 1. The van der Waals surface area contributed by atoms with Crippen LogP contribution in [0.15, 0.2) is 24.3 Å². The van der Waals surface area contributed by atoms with Gasteiger partial charge in [-0.25, -0.2) is 4.39 Å². The first-order valence-electron chi connectivity index (χ1n) is 8.82. The Kier molecular flexibility index (Phi) is 7.03. The number of carbonyl (C=O) groups excluding carboxylic acids is 1. The number of hydrogen-bond acceptors (Lipinski definition) is 2. The van der Waals surface area contributed by atoms with Gasteiger partial charge in [0.25, 0.3) is 0 Å². The largest absolute Gasteiger partial charge is 0.381 e. The Hall–Kier alpha value is -1.42. The summed E-state index contributed by atoms with van der Waals surface area (Å²) >= 11 is 0. The number of hydrogen-bond donors (Lipinski definition) is 1. The van der Waals surface area contributed by atoms with Crippen LogP contribution in [0.25, 0.3) is 0 Å². The molecule has 0 atom stereocenters. The minimum atomic E-state index is -0.686. The van der Waals surface area contributed by atoms with Gasteiger partial charge in [-0.05, 0) is 31.7 Å². The molecule has 0 saturated heterocycles. The van der Waals surface area contributed by atoms with Gasteiger partial charge in [0.2, 0.25) is 5.91 Å². The van der Waals surface area contributed by atoms with E-state index in [1.165, 1.54) is 6.07 Å². The van der Waals surface area contributed by atoms with E-state index in [-0.39, 0.29) is 11.7 Å². The summed E-state index contributed by atoms with van der Waals surface area (Å²) in [6, 6.07) is 6.69. The molecule has 0 heterocycles. The lowest BCUT2D eigenvalue weighted by atomic mass is 9.77. The summed E-state index contributed by atoms with van der Waals surface area (Å²) in [4.78, 5) is 12.7. The Morgan fingerprint density at radius 1 is 1.22 bits per heavy atom. The number of amides is 1. The van der Waals surface area contributed by atoms with Gasteiger partial charge in [0.15, 0.2) is 0 Å². The van der Waals surface area contributed by atoms with Crippen molar-refractivity contribution in [2.24, 2.45) is 0 Å². The summed E-state index contributed by atoms with van der Waals surface area (Å²) in [5.41, 5.74) is -0.136. The van der Waals surface area contributed by atoms with Crippen molar-refractivity contribution in [1.82, 2.24) is 5.32 Å². The summed E-state index contributed by atoms with van der Waals surface area (Å²) in [5.74, 6) is -0.305. The minimum absolute atomic E-state index is 0.0336. The van der Waals surface area contributed by atoms with Crippen LogP contribution in [0.3, 0.4) is 0 Å². The molecule has 1 aliphatic rings. The van der Waals surface area contributed by atoms with E-state index in [1.807, 2.05) is 6.07 Å². The monoisotopic (exact) mass is 321 g/mol. The molecule has 1 amide bonds. The van der Waals surface area contributed by atoms with Crippen LogP contribution in [-0.2, 0) is 14.9 Å². The Morgan fingerprint density at radius 2 is 1.91 bits per heavy atom. The van der Waals surface area contributed by atoms with Crippen LogP contribution in [-0.4, -0.2) is 25.7 Å². The average Bonchev–Trinajstić information content (AvgIpc) is 3.05. The second-order valence-corrected chi connectivity index (χ2v) is 6.34. The van der Waals surface area contributed by atoms with Crippen LogP contribution >= 0.6 is 0 Å². The molecule has 2 rings (SSSR count). The lowest BCUT2D eigenvalue weighted by Crippen LogP contribution is -2.43. The third-order valence-corrected chi connectivity index (χ3v) is 4.67. The zero-order valence-corrected chi connectivity index (χ0v) is 14.1. The molecule has 4 heteroatoms. The molecule has 1 N–H and O–H groups in total. The molecule has 1 saturated carbocycles. The smallest absolute Gasteiger partial charge is 0.230 e. The number of benzene rings is 1. The summed E-state index contributed by atoms with van der Waals surface area (Å²) in [5, 5.41) is 3.00. The van der Waals surface area contributed by atoms with Gasteiger partial charge in [-0.1, -0.05) is 44.4 Å². The lowest BCUT2D eigenvalue weighted by molar-refractivity contribution is -0.126. The summed E-state index contributed by atoms with van der Waals surface area (Å²) in [6.07, 6.45) is 6.40. The molecule has 1 aliphatic carbocycles. The first-order valence-corrected chi connectivity index (χ1v) is 8.82. The van der Waals surface area contributed by atoms with Crippen molar-refractivity contribution in [3.05, 3.63) is 35.6 Å². The van der Waals surface area contributed by atoms with Gasteiger partial charge in [0, 0.05) is 25.3 Å². The highest BCUT2D eigenvalue weighted by Gasteiger charge is 2.43. The number of unbranched alkanes of at least 4 members (excludes halogenated alkanes) is 1. The summed E-state index contributed by atoms with van der Waals surface area (Å²) in [6.45, 7) is 4.16. The van der Waals surface area contributed by atoms with Gasteiger partial charge in [-0.2, -0.15) is 0 Å². The first-order chi connectivity index (χ1) is 11.2. The van der Waals surface area contributed by atoms with E-state index in [0.717, 1.165) is 51.6 Å².